The van der Waals surface area contributed by atoms with Gasteiger partial charge in [0, 0.05) is 23.1 Å². The van der Waals surface area contributed by atoms with Crippen LogP contribution in [0, 0.1) is 18.8 Å². The standard InChI is InChI=1S/C31H29N3O3/c1-4-18(3)26-24(19-15-13-17(2)14-16-19)25(27(35)30-32-22-11-7-8-12-23(22)33-30)31(34-26)28(36)20-9-5-6-10-21(20)29(31)37/h5-16,18,24-26,34H,4H2,1-3H3,(H,32,33). The maximum atomic E-state index is 14.5. The molecule has 2 N–H and O–H groups in total. The van der Waals surface area contributed by atoms with E-state index in [1.807, 2.05) is 55.5 Å². The Morgan fingerprint density at radius 1 is 0.946 bits per heavy atom. The van der Waals surface area contributed by atoms with Crippen molar-refractivity contribution < 1.29 is 14.4 Å². The van der Waals surface area contributed by atoms with Crippen molar-refractivity contribution in [3.63, 3.8) is 0 Å². The molecular formula is C31H29N3O3. The van der Waals surface area contributed by atoms with Crippen molar-refractivity contribution in [3.05, 3.63) is 101 Å². The highest BCUT2D eigenvalue weighted by molar-refractivity contribution is 6.35. The van der Waals surface area contributed by atoms with Crippen molar-refractivity contribution in [3.8, 4) is 0 Å². The van der Waals surface area contributed by atoms with Crippen molar-refractivity contribution >= 4 is 28.4 Å². The van der Waals surface area contributed by atoms with Crippen molar-refractivity contribution in [2.75, 3.05) is 0 Å². The number of ketones is 3. The predicted molar refractivity (Wildman–Crippen MR) is 142 cm³/mol. The minimum absolute atomic E-state index is 0.112. The molecule has 37 heavy (non-hydrogen) atoms. The summed E-state index contributed by atoms with van der Waals surface area (Å²) in [6.45, 7) is 6.21. The van der Waals surface area contributed by atoms with Crippen molar-refractivity contribution in [2.45, 2.75) is 44.7 Å². The number of H-pyrrole nitrogens is 1. The molecule has 1 aliphatic heterocycles. The Labute approximate surface area is 215 Å². The molecule has 2 heterocycles. The monoisotopic (exact) mass is 491 g/mol. The first kappa shape index (κ1) is 23.5. The maximum absolute atomic E-state index is 14.5. The third-order valence-corrected chi connectivity index (χ3v) is 8.36. The smallest absolute Gasteiger partial charge is 0.204 e. The Bertz CT molecular complexity index is 1480. The van der Waals surface area contributed by atoms with Gasteiger partial charge in [-0.05, 0) is 30.5 Å². The van der Waals surface area contributed by atoms with Gasteiger partial charge >= 0.3 is 0 Å². The number of hydrogen-bond acceptors (Lipinski definition) is 5. The molecule has 1 spiro atoms. The van der Waals surface area contributed by atoms with Crippen LogP contribution in [0.1, 0.15) is 68.6 Å². The largest absolute Gasteiger partial charge is 0.335 e. The molecule has 186 valence electrons. The number of aromatic amines is 1. The van der Waals surface area contributed by atoms with Crippen LogP contribution in [0.2, 0.25) is 0 Å². The molecule has 6 nitrogen and oxygen atoms in total. The molecule has 0 amide bonds. The van der Waals surface area contributed by atoms with Gasteiger partial charge in [0.1, 0.15) is 0 Å². The van der Waals surface area contributed by atoms with Crippen LogP contribution in [0.4, 0.5) is 0 Å². The Kier molecular flexibility index (Phi) is 5.46. The van der Waals surface area contributed by atoms with Crippen LogP contribution in [0.5, 0.6) is 0 Å². The van der Waals surface area contributed by atoms with E-state index < -0.39 is 17.4 Å². The minimum Gasteiger partial charge on any atom is -0.335 e. The summed E-state index contributed by atoms with van der Waals surface area (Å²) in [6.07, 6.45) is 0.830. The molecule has 3 aromatic carbocycles. The van der Waals surface area contributed by atoms with Crippen LogP contribution >= 0.6 is 0 Å². The lowest BCUT2D eigenvalue weighted by Crippen LogP contribution is -2.58. The van der Waals surface area contributed by atoms with Crippen molar-refractivity contribution in [1.29, 1.82) is 0 Å². The topological polar surface area (TPSA) is 91.9 Å². The second-order valence-electron chi connectivity index (χ2n) is 10.4. The molecule has 1 aliphatic carbocycles. The van der Waals surface area contributed by atoms with Gasteiger partial charge in [-0.15, -0.1) is 0 Å². The number of nitrogens with one attached hydrogen (secondary N) is 2. The van der Waals surface area contributed by atoms with Crippen LogP contribution in [-0.2, 0) is 0 Å². The molecule has 1 aromatic heterocycles. The molecule has 0 saturated carbocycles. The second-order valence-corrected chi connectivity index (χ2v) is 10.4. The summed E-state index contributed by atoms with van der Waals surface area (Å²) >= 11 is 0. The first-order valence-electron chi connectivity index (χ1n) is 12.9. The van der Waals surface area contributed by atoms with Gasteiger partial charge in [0.15, 0.2) is 22.9 Å². The van der Waals surface area contributed by atoms with Gasteiger partial charge in [0.05, 0.1) is 17.0 Å². The zero-order chi connectivity index (χ0) is 25.9. The number of Topliss-reactive ketones (excluding diaryl/α,β-unsaturated/α-hetero) is 3. The van der Waals surface area contributed by atoms with Crippen molar-refractivity contribution in [1.82, 2.24) is 15.3 Å². The number of aryl methyl sites for hydroxylation is 1. The molecule has 0 radical (unpaired) electrons. The molecule has 6 rings (SSSR count). The van der Waals surface area contributed by atoms with E-state index in [0.717, 1.165) is 23.1 Å². The lowest BCUT2D eigenvalue weighted by molar-refractivity contribution is 0.0652. The number of nitrogens with zero attached hydrogens (tertiary/aromatic N) is 1. The Hall–Kier alpha value is -3.90. The number of hydrogen-bond donors (Lipinski definition) is 2. The normalized spacial score (nSPS) is 23.1. The van der Waals surface area contributed by atoms with Crippen LogP contribution in [-0.4, -0.2) is 38.9 Å². The highest BCUT2D eigenvalue weighted by Gasteiger charge is 2.68. The van der Waals surface area contributed by atoms with E-state index in [1.165, 1.54) is 0 Å². The average Bonchev–Trinajstić information content (AvgIpc) is 3.57. The van der Waals surface area contributed by atoms with Gasteiger partial charge in [0.2, 0.25) is 5.78 Å². The number of fused-ring (bicyclic) bond motifs is 2. The summed E-state index contributed by atoms with van der Waals surface area (Å²) in [5, 5.41) is 3.50. The summed E-state index contributed by atoms with van der Waals surface area (Å²) in [6, 6.07) is 22.2. The number of aromatic nitrogens is 2. The van der Waals surface area contributed by atoms with E-state index in [0.29, 0.717) is 16.6 Å². The molecular weight excluding hydrogens is 462 g/mol. The summed E-state index contributed by atoms with van der Waals surface area (Å²) in [7, 11) is 0. The van der Waals surface area contributed by atoms with Crippen LogP contribution in [0.25, 0.3) is 11.0 Å². The molecule has 4 unspecified atom stereocenters. The summed E-state index contributed by atoms with van der Waals surface area (Å²) in [4.78, 5) is 50.6. The zero-order valence-electron chi connectivity index (χ0n) is 21.1. The Balaban J connectivity index is 1.59. The molecule has 2 aliphatic rings. The SMILES string of the molecule is CCC(C)C1NC2(C(=O)c3ccccc3C2=O)C(C(=O)c2nc3ccccc3[nH]2)C1c1ccc(C)cc1. The second kappa shape index (κ2) is 8.60. The Morgan fingerprint density at radius 3 is 2.19 bits per heavy atom. The number of imidazole rings is 1. The predicted octanol–water partition coefficient (Wildman–Crippen LogP) is 5.29. The average molecular weight is 492 g/mol. The number of benzene rings is 3. The molecule has 4 atom stereocenters. The fourth-order valence-corrected chi connectivity index (χ4v) is 6.25. The number of carbonyl (C=O) groups excluding carboxylic acids is 3. The van der Waals surface area contributed by atoms with Gasteiger partial charge in [-0.2, -0.15) is 0 Å². The third-order valence-electron chi connectivity index (χ3n) is 8.36. The lowest BCUT2D eigenvalue weighted by Gasteiger charge is -2.29. The fourth-order valence-electron chi connectivity index (χ4n) is 6.25. The summed E-state index contributed by atoms with van der Waals surface area (Å²) in [5.41, 5.74) is 2.51. The quantitative estimate of drug-likeness (QED) is 0.292. The fraction of sp³-hybridized carbons (Fsp3) is 0.290. The summed E-state index contributed by atoms with van der Waals surface area (Å²) in [5.74, 6) is -2.04. The number of rotatable bonds is 5. The van der Waals surface area contributed by atoms with Gasteiger partial charge in [-0.25, -0.2) is 4.98 Å². The van der Waals surface area contributed by atoms with Crippen LogP contribution in [0.3, 0.4) is 0 Å². The summed E-state index contributed by atoms with van der Waals surface area (Å²) < 4.78 is 0. The third kappa shape index (κ3) is 3.36. The first-order chi connectivity index (χ1) is 17.9. The number of para-hydroxylation sites is 2. The van der Waals surface area contributed by atoms with E-state index in [1.54, 1.807) is 24.3 Å². The van der Waals surface area contributed by atoms with E-state index in [2.05, 4.69) is 29.1 Å². The lowest BCUT2D eigenvalue weighted by atomic mass is 9.69. The first-order valence-corrected chi connectivity index (χ1v) is 12.9. The van der Waals surface area contributed by atoms with E-state index in [-0.39, 0.29) is 35.1 Å². The minimum atomic E-state index is -1.68. The van der Waals surface area contributed by atoms with E-state index >= 15 is 0 Å². The maximum Gasteiger partial charge on any atom is 0.204 e. The number of carbonyl (C=O) groups is 3. The van der Waals surface area contributed by atoms with Crippen LogP contribution in [0.15, 0.2) is 72.8 Å². The van der Waals surface area contributed by atoms with Crippen molar-refractivity contribution in [2.24, 2.45) is 11.8 Å². The molecule has 4 aromatic rings. The van der Waals surface area contributed by atoms with E-state index in [4.69, 9.17) is 0 Å². The molecule has 1 fully saturated rings. The van der Waals surface area contributed by atoms with Gasteiger partial charge in [-0.1, -0.05) is 86.5 Å². The van der Waals surface area contributed by atoms with Gasteiger partial charge in [-0.3, -0.25) is 19.7 Å². The highest BCUT2D eigenvalue weighted by atomic mass is 16.2. The molecule has 0 bridgehead atoms. The Morgan fingerprint density at radius 2 is 1.57 bits per heavy atom. The van der Waals surface area contributed by atoms with Gasteiger partial charge in [0.25, 0.3) is 0 Å². The zero-order valence-corrected chi connectivity index (χ0v) is 21.1. The molecule has 6 heteroatoms. The van der Waals surface area contributed by atoms with E-state index in [9.17, 15) is 14.4 Å². The van der Waals surface area contributed by atoms with Gasteiger partial charge < -0.3 is 4.98 Å². The molecule has 1 saturated heterocycles. The highest BCUT2D eigenvalue weighted by Crippen LogP contribution is 2.51. The van der Waals surface area contributed by atoms with Crippen LogP contribution < -0.4 is 5.32 Å².